The second kappa shape index (κ2) is 3.90. The van der Waals surface area contributed by atoms with Gasteiger partial charge >= 0.3 is 12.1 Å². The lowest BCUT2D eigenvalue weighted by Crippen LogP contribution is -2.37. The molecule has 0 radical (unpaired) electrons. The Labute approximate surface area is 104 Å². The molecular weight excluding hydrogens is 334 g/mol. The Balaban J connectivity index is 2.20. The molecule has 2 rings (SSSR count). The van der Waals surface area contributed by atoms with E-state index in [9.17, 15) is 18.0 Å². The Bertz CT molecular complexity index is 444. The molecule has 0 unspecified atom stereocenters. The summed E-state index contributed by atoms with van der Waals surface area (Å²) in [5.74, 6) is -1.77. The Morgan fingerprint density at radius 2 is 1.88 bits per heavy atom. The van der Waals surface area contributed by atoms with Crippen LogP contribution in [-0.4, -0.2) is 17.0 Å². The smallest absolute Gasteiger partial charge is 0.326 e. The first kappa shape index (κ1) is 11.7. The van der Waals surface area contributed by atoms with Gasteiger partial charge in [-0.15, -0.1) is 0 Å². The quantitative estimate of drug-likeness (QED) is 0.665. The Morgan fingerprint density at radius 3 is 2.50 bits per heavy atom. The number of carbonyl (C=O) groups is 1. The van der Waals surface area contributed by atoms with Crippen molar-refractivity contribution < 1.29 is 18.0 Å². The highest BCUT2D eigenvalue weighted by Crippen LogP contribution is 2.28. The van der Waals surface area contributed by atoms with E-state index in [-0.39, 0.29) is 13.1 Å². The zero-order valence-electron chi connectivity index (χ0n) is 8.01. The molecule has 1 aromatic rings. The van der Waals surface area contributed by atoms with Gasteiger partial charge in [0.25, 0.3) is 0 Å². The van der Waals surface area contributed by atoms with E-state index >= 15 is 0 Å². The first-order valence-electron chi connectivity index (χ1n) is 4.51. The van der Waals surface area contributed by atoms with E-state index in [2.05, 4.69) is 22.6 Å². The fraction of sp³-hybridized carbons (Fsp3) is 0.300. The second-order valence-corrected chi connectivity index (χ2v) is 4.82. The van der Waals surface area contributed by atoms with E-state index < -0.39 is 12.1 Å². The predicted octanol–water partition coefficient (Wildman–Crippen LogP) is 2.70. The van der Waals surface area contributed by atoms with E-state index in [4.69, 9.17) is 0 Å². The summed E-state index contributed by atoms with van der Waals surface area (Å²) in [7, 11) is 0. The molecule has 16 heavy (non-hydrogen) atoms. The molecule has 6 heteroatoms. The number of benzene rings is 1. The van der Waals surface area contributed by atoms with Crippen LogP contribution in [0.2, 0.25) is 0 Å². The third-order valence-corrected chi connectivity index (χ3v) is 3.09. The Hall–Kier alpha value is -0.790. The van der Waals surface area contributed by atoms with Crippen LogP contribution in [0.5, 0.6) is 0 Å². The maximum absolute atomic E-state index is 12.2. The molecule has 0 spiro atoms. The molecule has 1 amide bonds. The number of hydrogen-bond acceptors (Lipinski definition) is 1. The Morgan fingerprint density at radius 1 is 1.25 bits per heavy atom. The third kappa shape index (κ3) is 2.16. The highest BCUT2D eigenvalue weighted by atomic mass is 127. The molecule has 86 valence electrons. The molecule has 0 saturated heterocycles. The molecule has 0 saturated carbocycles. The first-order valence-corrected chi connectivity index (χ1v) is 5.59. The molecule has 0 aliphatic carbocycles. The summed E-state index contributed by atoms with van der Waals surface area (Å²) in [5, 5.41) is 0. The van der Waals surface area contributed by atoms with Crippen LogP contribution < -0.4 is 0 Å². The van der Waals surface area contributed by atoms with E-state index in [1.807, 2.05) is 6.07 Å². The molecule has 1 aliphatic rings. The lowest BCUT2D eigenvalue weighted by Gasteiger charge is -2.16. The third-order valence-electron chi connectivity index (χ3n) is 2.42. The van der Waals surface area contributed by atoms with E-state index in [0.29, 0.717) is 0 Å². The number of halogens is 4. The summed E-state index contributed by atoms with van der Waals surface area (Å²) in [6.45, 7) is 0.0924. The van der Waals surface area contributed by atoms with Crippen molar-refractivity contribution in [2.24, 2.45) is 0 Å². The van der Waals surface area contributed by atoms with Crippen LogP contribution in [0.25, 0.3) is 0 Å². The van der Waals surface area contributed by atoms with Crippen molar-refractivity contribution in [2.75, 3.05) is 0 Å². The number of fused-ring (bicyclic) bond motifs is 1. The number of carbonyl (C=O) groups excluding carboxylic acids is 1. The monoisotopic (exact) mass is 341 g/mol. The SMILES string of the molecule is O=C(N1Cc2ccc(I)cc2C1)C(F)(F)F. The van der Waals surface area contributed by atoms with Gasteiger partial charge in [-0.2, -0.15) is 13.2 Å². The van der Waals surface area contributed by atoms with Gasteiger partial charge in [0.15, 0.2) is 0 Å². The van der Waals surface area contributed by atoms with Gasteiger partial charge in [-0.3, -0.25) is 4.79 Å². The van der Waals surface area contributed by atoms with Crippen LogP contribution in [0.15, 0.2) is 18.2 Å². The molecule has 0 atom stereocenters. The van der Waals surface area contributed by atoms with Crippen molar-refractivity contribution in [3.63, 3.8) is 0 Å². The normalized spacial score (nSPS) is 15.1. The number of hydrogen-bond donors (Lipinski definition) is 0. The second-order valence-electron chi connectivity index (χ2n) is 3.57. The molecule has 0 aromatic heterocycles. The maximum atomic E-state index is 12.2. The number of amides is 1. The summed E-state index contributed by atoms with van der Waals surface area (Å²) < 4.78 is 37.6. The molecule has 1 aromatic carbocycles. The molecule has 0 fully saturated rings. The molecule has 2 nitrogen and oxygen atoms in total. The molecule has 1 aliphatic heterocycles. The first-order chi connectivity index (χ1) is 7.38. The van der Waals surface area contributed by atoms with Crippen LogP contribution in [0.3, 0.4) is 0 Å². The number of rotatable bonds is 0. The summed E-state index contributed by atoms with van der Waals surface area (Å²) in [6, 6.07) is 5.39. The molecule has 1 heterocycles. The zero-order valence-corrected chi connectivity index (χ0v) is 10.2. The summed E-state index contributed by atoms with van der Waals surface area (Å²) in [4.78, 5) is 11.8. The zero-order chi connectivity index (χ0) is 11.9. The summed E-state index contributed by atoms with van der Waals surface area (Å²) in [6.07, 6.45) is -4.78. The van der Waals surface area contributed by atoms with Gasteiger partial charge < -0.3 is 4.90 Å². The van der Waals surface area contributed by atoms with Gasteiger partial charge in [0.1, 0.15) is 0 Å². The van der Waals surface area contributed by atoms with Gasteiger partial charge in [0, 0.05) is 16.7 Å². The van der Waals surface area contributed by atoms with Crippen molar-refractivity contribution in [1.29, 1.82) is 0 Å². The van der Waals surface area contributed by atoms with Gasteiger partial charge in [-0.25, -0.2) is 0 Å². The van der Waals surface area contributed by atoms with E-state index in [0.717, 1.165) is 19.6 Å². The van der Waals surface area contributed by atoms with Gasteiger partial charge in [0.05, 0.1) is 0 Å². The topological polar surface area (TPSA) is 20.3 Å². The molecule has 0 bridgehead atoms. The van der Waals surface area contributed by atoms with Crippen molar-refractivity contribution in [3.8, 4) is 0 Å². The number of alkyl halides is 3. The summed E-state index contributed by atoms with van der Waals surface area (Å²) in [5.41, 5.74) is 1.59. The minimum Gasteiger partial charge on any atom is -0.326 e. The summed E-state index contributed by atoms with van der Waals surface area (Å²) >= 11 is 2.09. The van der Waals surface area contributed by atoms with Crippen molar-refractivity contribution in [3.05, 3.63) is 32.9 Å². The van der Waals surface area contributed by atoms with Crippen molar-refractivity contribution in [2.45, 2.75) is 19.3 Å². The standard InChI is InChI=1S/C10H7F3INO/c11-10(12,13)9(16)15-4-6-1-2-8(14)3-7(6)5-15/h1-3H,4-5H2. The minimum atomic E-state index is -4.78. The maximum Gasteiger partial charge on any atom is 0.471 e. The van der Waals surface area contributed by atoms with Crippen LogP contribution in [0.1, 0.15) is 11.1 Å². The van der Waals surface area contributed by atoms with Crippen LogP contribution >= 0.6 is 22.6 Å². The highest BCUT2D eigenvalue weighted by Gasteiger charge is 2.43. The van der Waals surface area contributed by atoms with Gasteiger partial charge in [0.2, 0.25) is 0 Å². The largest absolute Gasteiger partial charge is 0.471 e. The van der Waals surface area contributed by atoms with Crippen LogP contribution in [0, 0.1) is 3.57 Å². The molecular formula is C10H7F3INO. The average molecular weight is 341 g/mol. The Kier molecular flexibility index (Phi) is 2.85. The van der Waals surface area contributed by atoms with Crippen LogP contribution in [-0.2, 0) is 17.9 Å². The highest BCUT2D eigenvalue weighted by molar-refractivity contribution is 14.1. The molecule has 0 N–H and O–H groups in total. The average Bonchev–Trinajstić information content (AvgIpc) is 2.57. The lowest BCUT2D eigenvalue weighted by atomic mass is 10.1. The minimum absolute atomic E-state index is 0.0461. The lowest BCUT2D eigenvalue weighted by molar-refractivity contribution is -0.186. The van der Waals surface area contributed by atoms with Crippen LogP contribution in [0.4, 0.5) is 13.2 Å². The van der Waals surface area contributed by atoms with Crippen molar-refractivity contribution in [1.82, 2.24) is 4.90 Å². The van der Waals surface area contributed by atoms with Crippen molar-refractivity contribution >= 4 is 28.5 Å². The van der Waals surface area contributed by atoms with E-state index in [1.165, 1.54) is 0 Å². The fourth-order valence-electron chi connectivity index (χ4n) is 1.69. The van der Waals surface area contributed by atoms with Gasteiger partial charge in [-0.1, -0.05) is 6.07 Å². The number of nitrogens with zero attached hydrogens (tertiary/aromatic N) is 1. The van der Waals surface area contributed by atoms with E-state index in [1.54, 1.807) is 12.1 Å². The predicted molar refractivity (Wildman–Crippen MR) is 59.5 cm³/mol. The van der Waals surface area contributed by atoms with Gasteiger partial charge in [-0.05, 0) is 45.9 Å². The fourth-order valence-corrected chi connectivity index (χ4v) is 2.24.